The first-order valence-corrected chi connectivity index (χ1v) is 8.01. The van der Waals surface area contributed by atoms with Crippen LogP contribution < -0.4 is 5.32 Å². The topological polar surface area (TPSA) is 49.4 Å². The molecule has 4 heteroatoms. The highest BCUT2D eigenvalue weighted by Gasteiger charge is 2.50. The number of carbonyl (C=O) groups excluding carboxylic acids is 2. The van der Waals surface area contributed by atoms with E-state index < -0.39 is 0 Å². The Hall–Kier alpha value is -2.10. The van der Waals surface area contributed by atoms with Crippen LogP contribution in [0.25, 0.3) is 0 Å². The fraction of sp³-hybridized carbons (Fsp3) is 0.444. The third-order valence-corrected chi connectivity index (χ3v) is 4.66. The van der Waals surface area contributed by atoms with Gasteiger partial charge in [0.1, 0.15) is 6.04 Å². The molecule has 3 atom stereocenters. The number of nitrogens with zero attached hydrogens (tertiary/aromatic N) is 1. The number of carbonyl (C=O) groups is 2. The zero-order chi connectivity index (χ0) is 15.5. The van der Waals surface area contributed by atoms with Crippen LogP contribution in [0.1, 0.15) is 31.7 Å². The fourth-order valence-electron chi connectivity index (χ4n) is 3.44. The van der Waals surface area contributed by atoms with E-state index in [1.54, 1.807) is 4.90 Å². The second-order valence-corrected chi connectivity index (χ2v) is 5.99. The standard InChI is InChI=1S/C18H22N2O2/c1-2-15(17(21)19-12-13-8-4-3-5-9-13)20-16-11-7-6-10-14(16)18(20)22/h3-9,14-16H,2,10-12H2,1H3,(H,19,21)/t14-,15?,16+/m1/s1. The maximum atomic E-state index is 12.5. The van der Waals surface area contributed by atoms with Gasteiger partial charge >= 0.3 is 0 Å². The second-order valence-electron chi connectivity index (χ2n) is 5.99. The van der Waals surface area contributed by atoms with Crippen molar-refractivity contribution in [3.8, 4) is 0 Å². The van der Waals surface area contributed by atoms with Crippen molar-refractivity contribution in [2.45, 2.75) is 44.8 Å². The number of likely N-dealkylation sites (tertiary alicyclic amines) is 1. The maximum absolute atomic E-state index is 12.5. The minimum absolute atomic E-state index is 0.0484. The molecule has 1 aromatic carbocycles. The van der Waals surface area contributed by atoms with Gasteiger partial charge in [-0.15, -0.1) is 0 Å². The van der Waals surface area contributed by atoms with Crippen LogP contribution in [-0.4, -0.2) is 28.8 Å². The number of benzene rings is 1. The average Bonchev–Trinajstić information content (AvgIpc) is 2.57. The molecule has 0 saturated carbocycles. The van der Waals surface area contributed by atoms with Crippen molar-refractivity contribution in [1.29, 1.82) is 0 Å². The van der Waals surface area contributed by atoms with Crippen molar-refractivity contribution in [3.63, 3.8) is 0 Å². The number of rotatable bonds is 5. The van der Waals surface area contributed by atoms with Gasteiger partial charge in [-0.1, -0.05) is 49.4 Å². The van der Waals surface area contributed by atoms with Crippen LogP contribution in [0, 0.1) is 5.92 Å². The molecule has 116 valence electrons. The predicted molar refractivity (Wildman–Crippen MR) is 84.9 cm³/mol. The molecule has 2 aliphatic rings. The first-order chi connectivity index (χ1) is 10.7. The van der Waals surface area contributed by atoms with Gasteiger partial charge in [-0.05, 0) is 24.8 Å². The monoisotopic (exact) mass is 298 g/mol. The third kappa shape index (κ3) is 2.65. The Morgan fingerprint density at radius 2 is 2.00 bits per heavy atom. The van der Waals surface area contributed by atoms with Gasteiger partial charge in [0.05, 0.1) is 5.92 Å². The highest BCUT2D eigenvalue weighted by atomic mass is 16.2. The molecule has 0 bridgehead atoms. The van der Waals surface area contributed by atoms with Crippen LogP contribution in [-0.2, 0) is 16.1 Å². The molecule has 2 amide bonds. The zero-order valence-corrected chi connectivity index (χ0v) is 12.9. The van der Waals surface area contributed by atoms with Crippen LogP contribution in [0.2, 0.25) is 0 Å². The van der Waals surface area contributed by atoms with Crippen LogP contribution in [0.4, 0.5) is 0 Å². The minimum Gasteiger partial charge on any atom is -0.350 e. The molecule has 4 nitrogen and oxygen atoms in total. The second kappa shape index (κ2) is 6.34. The Morgan fingerprint density at radius 3 is 2.73 bits per heavy atom. The van der Waals surface area contributed by atoms with Crippen molar-refractivity contribution in [3.05, 3.63) is 48.0 Å². The first-order valence-electron chi connectivity index (χ1n) is 8.01. The molecule has 0 radical (unpaired) electrons. The van der Waals surface area contributed by atoms with Crippen LogP contribution in [0.3, 0.4) is 0 Å². The van der Waals surface area contributed by atoms with Crippen molar-refractivity contribution in [1.82, 2.24) is 10.2 Å². The van der Waals surface area contributed by atoms with E-state index in [-0.39, 0.29) is 29.8 Å². The molecule has 1 aliphatic carbocycles. The van der Waals surface area contributed by atoms with E-state index in [2.05, 4.69) is 17.5 Å². The van der Waals surface area contributed by atoms with Gasteiger partial charge in [0.15, 0.2) is 0 Å². The van der Waals surface area contributed by atoms with Gasteiger partial charge in [0, 0.05) is 12.6 Å². The van der Waals surface area contributed by atoms with E-state index in [1.807, 2.05) is 37.3 Å². The number of allylic oxidation sites excluding steroid dienone is 1. The van der Waals surface area contributed by atoms with E-state index in [1.165, 1.54) is 0 Å². The largest absolute Gasteiger partial charge is 0.350 e. The van der Waals surface area contributed by atoms with Gasteiger partial charge in [0.25, 0.3) is 0 Å². The van der Waals surface area contributed by atoms with E-state index in [0.29, 0.717) is 13.0 Å². The summed E-state index contributed by atoms with van der Waals surface area (Å²) < 4.78 is 0. The lowest BCUT2D eigenvalue weighted by Crippen LogP contribution is -2.67. The quantitative estimate of drug-likeness (QED) is 0.669. The smallest absolute Gasteiger partial charge is 0.243 e. The number of hydrogen-bond acceptors (Lipinski definition) is 2. The summed E-state index contributed by atoms with van der Waals surface area (Å²) in [5.74, 6) is 0.185. The van der Waals surface area contributed by atoms with Crippen LogP contribution >= 0.6 is 0 Å². The van der Waals surface area contributed by atoms with E-state index in [9.17, 15) is 9.59 Å². The molecule has 0 spiro atoms. The highest BCUT2D eigenvalue weighted by molar-refractivity contribution is 5.93. The highest BCUT2D eigenvalue weighted by Crippen LogP contribution is 2.37. The lowest BCUT2D eigenvalue weighted by molar-refractivity contribution is -0.165. The molecule has 1 unspecified atom stereocenters. The summed E-state index contributed by atoms with van der Waals surface area (Å²) in [7, 11) is 0. The Morgan fingerprint density at radius 1 is 1.27 bits per heavy atom. The molecule has 1 aromatic rings. The summed E-state index contributed by atoms with van der Waals surface area (Å²) in [4.78, 5) is 26.6. The van der Waals surface area contributed by atoms with Gasteiger partial charge in [-0.25, -0.2) is 0 Å². The zero-order valence-electron chi connectivity index (χ0n) is 12.9. The van der Waals surface area contributed by atoms with Crippen molar-refractivity contribution in [2.24, 2.45) is 5.92 Å². The lowest BCUT2D eigenvalue weighted by Gasteiger charge is -2.51. The van der Waals surface area contributed by atoms with Gasteiger partial charge in [-0.3, -0.25) is 9.59 Å². The molecule has 22 heavy (non-hydrogen) atoms. The summed E-state index contributed by atoms with van der Waals surface area (Å²) in [6.07, 6.45) is 6.54. The van der Waals surface area contributed by atoms with Gasteiger partial charge in [0.2, 0.25) is 11.8 Å². The van der Waals surface area contributed by atoms with Gasteiger partial charge < -0.3 is 10.2 Å². The SMILES string of the molecule is CCC(C(=O)NCc1ccccc1)N1C(=O)[C@@H]2CC=CC[C@@H]21. The molecular formula is C18H22N2O2. The molecule has 3 rings (SSSR count). The molecule has 1 aliphatic heterocycles. The minimum atomic E-state index is -0.344. The van der Waals surface area contributed by atoms with E-state index >= 15 is 0 Å². The summed E-state index contributed by atoms with van der Waals surface area (Å²) in [6, 6.07) is 9.70. The summed E-state index contributed by atoms with van der Waals surface area (Å²) in [5.41, 5.74) is 1.07. The van der Waals surface area contributed by atoms with Crippen molar-refractivity contribution >= 4 is 11.8 Å². The molecule has 0 aromatic heterocycles. The maximum Gasteiger partial charge on any atom is 0.243 e. The first kappa shape index (κ1) is 14.8. The Labute approximate surface area is 131 Å². The summed E-state index contributed by atoms with van der Waals surface area (Å²) in [5, 5.41) is 2.96. The number of β-lactam (4-membered cyclic amide) rings is 1. The Balaban J connectivity index is 1.62. The molecule has 1 fully saturated rings. The lowest BCUT2D eigenvalue weighted by atomic mass is 9.78. The molecule has 1 heterocycles. The number of nitrogens with one attached hydrogen (secondary N) is 1. The Bertz CT molecular complexity index is 582. The van der Waals surface area contributed by atoms with E-state index in [0.717, 1.165) is 18.4 Å². The molecule has 1 N–H and O–H groups in total. The Kier molecular flexibility index (Phi) is 4.27. The average molecular weight is 298 g/mol. The van der Waals surface area contributed by atoms with Crippen LogP contribution in [0.15, 0.2) is 42.5 Å². The summed E-state index contributed by atoms with van der Waals surface area (Å²) in [6.45, 7) is 2.47. The van der Waals surface area contributed by atoms with Crippen molar-refractivity contribution in [2.75, 3.05) is 0 Å². The summed E-state index contributed by atoms with van der Waals surface area (Å²) >= 11 is 0. The normalized spacial score (nSPS) is 24.4. The third-order valence-electron chi connectivity index (χ3n) is 4.66. The van der Waals surface area contributed by atoms with Crippen molar-refractivity contribution < 1.29 is 9.59 Å². The van der Waals surface area contributed by atoms with Crippen LogP contribution in [0.5, 0.6) is 0 Å². The molecular weight excluding hydrogens is 276 g/mol. The fourth-order valence-corrected chi connectivity index (χ4v) is 3.44. The molecule has 1 saturated heterocycles. The number of amides is 2. The number of hydrogen-bond donors (Lipinski definition) is 1. The predicted octanol–water partition coefficient (Wildman–Crippen LogP) is 2.26. The number of fused-ring (bicyclic) bond motifs is 1. The van der Waals surface area contributed by atoms with Gasteiger partial charge in [-0.2, -0.15) is 0 Å². The van der Waals surface area contributed by atoms with E-state index in [4.69, 9.17) is 0 Å².